The number of nitrogens with one attached hydrogen (secondary N) is 1. The summed E-state index contributed by atoms with van der Waals surface area (Å²) in [4.78, 5) is 6.93. The molecule has 4 rings (SSSR count). The molecular formula is C18H26N6O. The zero-order valence-corrected chi connectivity index (χ0v) is 15.0. The van der Waals surface area contributed by atoms with E-state index >= 15 is 0 Å². The second-order valence-electron chi connectivity index (χ2n) is 7.37. The van der Waals surface area contributed by atoms with Gasteiger partial charge in [-0.1, -0.05) is 0 Å². The molecule has 0 amide bonds. The number of rotatable bonds is 4. The van der Waals surface area contributed by atoms with Crippen molar-refractivity contribution in [3.05, 3.63) is 36.0 Å². The molecule has 2 aliphatic rings. The number of likely N-dealkylation sites (tertiary alicyclic amines) is 1. The Kier molecular flexibility index (Phi) is 4.43. The maximum atomic E-state index is 6.29. The van der Waals surface area contributed by atoms with Crippen molar-refractivity contribution in [3.63, 3.8) is 0 Å². The number of piperidine rings is 1. The third kappa shape index (κ3) is 3.67. The van der Waals surface area contributed by atoms with Gasteiger partial charge in [0.2, 0.25) is 0 Å². The van der Waals surface area contributed by atoms with Gasteiger partial charge in [-0.3, -0.25) is 4.90 Å². The minimum absolute atomic E-state index is 0.0425. The number of hydrogen-bond donors (Lipinski definition) is 1. The molecule has 0 aromatic carbocycles. The van der Waals surface area contributed by atoms with Crippen LogP contribution in [0.25, 0.3) is 0 Å². The molecule has 2 aliphatic heterocycles. The highest BCUT2D eigenvalue weighted by molar-refractivity contribution is 5.34. The lowest BCUT2D eigenvalue weighted by Gasteiger charge is -2.39. The first-order chi connectivity index (χ1) is 12.1. The molecule has 2 unspecified atom stereocenters. The van der Waals surface area contributed by atoms with Gasteiger partial charge in [-0.25, -0.2) is 4.98 Å². The number of aromatic nitrogens is 4. The van der Waals surface area contributed by atoms with Gasteiger partial charge in [-0.2, -0.15) is 5.10 Å². The van der Waals surface area contributed by atoms with Crippen molar-refractivity contribution < 1.29 is 4.74 Å². The third-order valence-electron chi connectivity index (χ3n) is 5.26. The standard InChI is InChI=1S/C18H26N6O/c1-14-4-5-16(22-21-14)20-15-10-18(25-12-15)6-3-8-24(13-18)11-17-19-7-9-23(17)2/h4-5,7,9,15H,3,6,8,10-13H2,1-2H3,(H,20,22). The van der Waals surface area contributed by atoms with Gasteiger partial charge in [-0.05, 0) is 38.4 Å². The van der Waals surface area contributed by atoms with Crippen molar-refractivity contribution in [1.29, 1.82) is 0 Å². The number of nitrogens with zero attached hydrogens (tertiary/aromatic N) is 5. The van der Waals surface area contributed by atoms with Crippen molar-refractivity contribution in [2.24, 2.45) is 7.05 Å². The molecule has 0 radical (unpaired) electrons. The van der Waals surface area contributed by atoms with E-state index in [1.54, 1.807) is 0 Å². The molecule has 2 aromatic heterocycles. The second-order valence-corrected chi connectivity index (χ2v) is 7.37. The van der Waals surface area contributed by atoms with E-state index in [1.165, 1.54) is 6.42 Å². The number of aryl methyl sites for hydroxylation is 2. The summed E-state index contributed by atoms with van der Waals surface area (Å²) >= 11 is 0. The molecule has 2 atom stereocenters. The van der Waals surface area contributed by atoms with E-state index in [1.807, 2.05) is 31.5 Å². The summed E-state index contributed by atoms with van der Waals surface area (Å²) in [6.07, 6.45) is 7.18. The number of anilines is 1. The molecule has 2 saturated heterocycles. The Morgan fingerprint density at radius 2 is 2.28 bits per heavy atom. The van der Waals surface area contributed by atoms with Crippen LogP contribution < -0.4 is 5.32 Å². The highest BCUT2D eigenvalue weighted by Gasteiger charge is 2.43. The van der Waals surface area contributed by atoms with Crippen LogP contribution >= 0.6 is 0 Å². The first-order valence-electron chi connectivity index (χ1n) is 9.01. The molecule has 4 heterocycles. The van der Waals surface area contributed by atoms with Crippen LogP contribution in [0.5, 0.6) is 0 Å². The van der Waals surface area contributed by atoms with E-state index in [9.17, 15) is 0 Å². The van der Waals surface area contributed by atoms with Crippen LogP contribution in [0.4, 0.5) is 5.82 Å². The van der Waals surface area contributed by atoms with Crippen LogP contribution in [0.3, 0.4) is 0 Å². The lowest BCUT2D eigenvalue weighted by atomic mass is 9.88. The van der Waals surface area contributed by atoms with E-state index in [0.717, 1.165) is 56.4 Å². The zero-order chi connectivity index (χ0) is 17.3. The Morgan fingerprint density at radius 1 is 1.36 bits per heavy atom. The number of hydrogen-bond acceptors (Lipinski definition) is 6. The van der Waals surface area contributed by atoms with Gasteiger partial charge in [0.1, 0.15) is 11.6 Å². The van der Waals surface area contributed by atoms with E-state index in [2.05, 4.69) is 37.0 Å². The highest BCUT2D eigenvalue weighted by Crippen LogP contribution is 2.36. The SMILES string of the molecule is Cc1ccc(NC2COC3(CCCN(Cc4nccn4C)C3)C2)nn1. The molecule has 1 spiro atoms. The van der Waals surface area contributed by atoms with Crippen molar-refractivity contribution in [3.8, 4) is 0 Å². The van der Waals surface area contributed by atoms with Gasteiger partial charge in [0.05, 0.1) is 30.5 Å². The second kappa shape index (κ2) is 6.72. The zero-order valence-electron chi connectivity index (χ0n) is 15.0. The predicted molar refractivity (Wildman–Crippen MR) is 95.2 cm³/mol. The first-order valence-corrected chi connectivity index (χ1v) is 9.01. The summed E-state index contributed by atoms with van der Waals surface area (Å²) < 4.78 is 8.38. The molecule has 1 N–H and O–H groups in total. The molecular weight excluding hydrogens is 316 g/mol. The lowest BCUT2D eigenvalue weighted by Crippen LogP contribution is -2.48. The summed E-state index contributed by atoms with van der Waals surface area (Å²) in [7, 11) is 2.05. The van der Waals surface area contributed by atoms with Crippen LogP contribution in [-0.4, -0.2) is 56.0 Å². The van der Waals surface area contributed by atoms with Crippen molar-refractivity contribution in [2.45, 2.75) is 44.4 Å². The topological polar surface area (TPSA) is 68.1 Å². The van der Waals surface area contributed by atoms with Crippen molar-refractivity contribution in [1.82, 2.24) is 24.6 Å². The maximum absolute atomic E-state index is 6.29. The van der Waals surface area contributed by atoms with E-state index in [0.29, 0.717) is 6.04 Å². The van der Waals surface area contributed by atoms with Crippen LogP contribution in [0.15, 0.2) is 24.5 Å². The van der Waals surface area contributed by atoms with Crippen LogP contribution in [-0.2, 0) is 18.3 Å². The fourth-order valence-corrected chi connectivity index (χ4v) is 3.98. The van der Waals surface area contributed by atoms with E-state index < -0.39 is 0 Å². The molecule has 7 heteroatoms. The van der Waals surface area contributed by atoms with Gasteiger partial charge in [0, 0.05) is 32.4 Å². The average molecular weight is 342 g/mol. The molecule has 2 fully saturated rings. The quantitative estimate of drug-likeness (QED) is 0.913. The van der Waals surface area contributed by atoms with Gasteiger partial charge in [0.25, 0.3) is 0 Å². The van der Waals surface area contributed by atoms with Crippen LogP contribution in [0.2, 0.25) is 0 Å². The fourth-order valence-electron chi connectivity index (χ4n) is 3.98. The summed E-state index contributed by atoms with van der Waals surface area (Å²) in [5.74, 6) is 1.94. The lowest BCUT2D eigenvalue weighted by molar-refractivity contribution is -0.0539. The highest BCUT2D eigenvalue weighted by atomic mass is 16.5. The monoisotopic (exact) mass is 342 g/mol. The largest absolute Gasteiger partial charge is 0.371 e. The Labute approximate surface area is 148 Å². The smallest absolute Gasteiger partial charge is 0.148 e. The van der Waals surface area contributed by atoms with Crippen LogP contribution in [0.1, 0.15) is 30.8 Å². The normalized spacial score (nSPS) is 27.0. The van der Waals surface area contributed by atoms with Gasteiger partial charge >= 0.3 is 0 Å². The first kappa shape index (κ1) is 16.5. The Morgan fingerprint density at radius 3 is 3.04 bits per heavy atom. The molecule has 25 heavy (non-hydrogen) atoms. The van der Waals surface area contributed by atoms with Crippen LogP contribution in [0, 0.1) is 6.92 Å². The average Bonchev–Trinajstić information content (AvgIpc) is 3.17. The maximum Gasteiger partial charge on any atom is 0.148 e. The molecule has 2 aromatic rings. The minimum Gasteiger partial charge on any atom is -0.371 e. The summed E-state index contributed by atoms with van der Waals surface area (Å²) in [5, 5.41) is 11.8. The molecule has 134 valence electrons. The Balaban J connectivity index is 1.37. The number of imidazole rings is 1. The number of ether oxygens (including phenoxy) is 1. The Bertz CT molecular complexity index is 715. The fraction of sp³-hybridized carbons (Fsp3) is 0.611. The molecule has 7 nitrogen and oxygen atoms in total. The molecule has 0 bridgehead atoms. The minimum atomic E-state index is -0.0425. The van der Waals surface area contributed by atoms with Gasteiger partial charge < -0.3 is 14.6 Å². The Hall–Kier alpha value is -1.99. The van der Waals surface area contributed by atoms with Crippen molar-refractivity contribution >= 4 is 5.82 Å². The van der Waals surface area contributed by atoms with Crippen molar-refractivity contribution in [2.75, 3.05) is 25.0 Å². The van der Waals surface area contributed by atoms with E-state index in [-0.39, 0.29) is 5.60 Å². The van der Waals surface area contributed by atoms with Gasteiger partial charge in [0.15, 0.2) is 0 Å². The summed E-state index contributed by atoms with van der Waals surface area (Å²) in [6.45, 7) is 5.64. The molecule has 0 saturated carbocycles. The summed E-state index contributed by atoms with van der Waals surface area (Å²) in [5.41, 5.74) is 0.890. The third-order valence-corrected chi connectivity index (χ3v) is 5.26. The summed E-state index contributed by atoms with van der Waals surface area (Å²) in [6, 6.07) is 4.27. The predicted octanol–water partition coefficient (Wildman–Crippen LogP) is 1.75. The molecule has 0 aliphatic carbocycles. The van der Waals surface area contributed by atoms with E-state index in [4.69, 9.17) is 4.74 Å². The van der Waals surface area contributed by atoms with Gasteiger partial charge in [-0.15, -0.1) is 5.10 Å².